The van der Waals surface area contributed by atoms with Gasteiger partial charge in [0.1, 0.15) is 0 Å². The van der Waals surface area contributed by atoms with E-state index in [4.69, 9.17) is 4.74 Å². The highest BCUT2D eigenvalue weighted by atomic mass is 16.6. The summed E-state index contributed by atoms with van der Waals surface area (Å²) in [5.74, 6) is -0.346. The van der Waals surface area contributed by atoms with Crippen molar-refractivity contribution < 1.29 is 9.53 Å². The molecule has 0 spiro atoms. The van der Waals surface area contributed by atoms with E-state index in [1.807, 2.05) is 85.8 Å². The van der Waals surface area contributed by atoms with Crippen LogP contribution in [0, 0.1) is 0 Å². The molecule has 0 saturated carbocycles. The molecule has 0 bridgehead atoms. The summed E-state index contributed by atoms with van der Waals surface area (Å²) in [6.45, 7) is 5.88. The fraction of sp³-hybridized carbons (Fsp3) is 0.0690. The highest BCUT2D eigenvalue weighted by molar-refractivity contribution is 6.07. The third-order valence-corrected chi connectivity index (χ3v) is 6.09. The summed E-state index contributed by atoms with van der Waals surface area (Å²) in [6.07, 6.45) is 5.98. The van der Waals surface area contributed by atoms with Crippen LogP contribution in [0.5, 0.6) is 0 Å². The SMILES string of the molecule is C=Cc1ccc(C(=O)OC2(C)c3ccccc3C=Cc3ccccc32)c2ccccc12. The quantitative estimate of drug-likeness (QED) is 0.342. The van der Waals surface area contributed by atoms with Gasteiger partial charge in [0, 0.05) is 11.1 Å². The summed E-state index contributed by atoms with van der Waals surface area (Å²) >= 11 is 0. The lowest BCUT2D eigenvalue weighted by atomic mass is 9.84. The Morgan fingerprint density at radius 3 is 1.94 bits per heavy atom. The molecule has 1 aliphatic carbocycles. The molecule has 2 heteroatoms. The van der Waals surface area contributed by atoms with Gasteiger partial charge in [-0.3, -0.25) is 0 Å². The molecule has 2 nitrogen and oxygen atoms in total. The largest absolute Gasteiger partial charge is 0.446 e. The third-order valence-electron chi connectivity index (χ3n) is 6.09. The molecule has 0 unspecified atom stereocenters. The minimum atomic E-state index is -0.925. The maximum Gasteiger partial charge on any atom is 0.339 e. The van der Waals surface area contributed by atoms with Crippen LogP contribution in [-0.2, 0) is 10.3 Å². The van der Waals surface area contributed by atoms with Crippen LogP contribution >= 0.6 is 0 Å². The van der Waals surface area contributed by atoms with E-state index in [1.54, 1.807) is 0 Å². The standard InChI is InChI=1S/C29H22O2/c1-3-20-18-19-25(24-13-7-6-12-23(20)24)28(30)31-29(2)26-14-8-4-10-21(26)16-17-22-11-5-9-15-27(22)29/h3-19H,1H2,2H3. The summed E-state index contributed by atoms with van der Waals surface area (Å²) < 4.78 is 6.37. The summed E-state index contributed by atoms with van der Waals surface area (Å²) in [5, 5.41) is 1.85. The lowest BCUT2D eigenvalue weighted by molar-refractivity contribution is 0.00634. The molecule has 0 saturated heterocycles. The molecule has 4 aromatic rings. The van der Waals surface area contributed by atoms with Gasteiger partial charge >= 0.3 is 5.97 Å². The number of benzene rings is 4. The molecule has 5 rings (SSSR count). The number of fused-ring (bicyclic) bond motifs is 3. The van der Waals surface area contributed by atoms with Gasteiger partial charge in [0.25, 0.3) is 0 Å². The van der Waals surface area contributed by atoms with Crippen molar-refractivity contribution in [2.45, 2.75) is 12.5 Å². The number of carbonyl (C=O) groups excluding carboxylic acids is 1. The van der Waals surface area contributed by atoms with Gasteiger partial charge in [-0.1, -0.05) is 104 Å². The topological polar surface area (TPSA) is 26.3 Å². The minimum Gasteiger partial charge on any atom is -0.446 e. The molecule has 1 aliphatic rings. The molecule has 0 heterocycles. The number of rotatable bonds is 3. The fourth-order valence-corrected chi connectivity index (χ4v) is 4.51. The molecular formula is C29H22O2. The third kappa shape index (κ3) is 3.08. The van der Waals surface area contributed by atoms with Crippen molar-refractivity contribution in [3.8, 4) is 0 Å². The van der Waals surface area contributed by atoms with Crippen molar-refractivity contribution in [3.63, 3.8) is 0 Å². The van der Waals surface area contributed by atoms with Gasteiger partial charge in [-0.15, -0.1) is 0 Å². The van der Waals surface area contributed by atoms with E-state index in [2.05, 4.69) is 30.9 Å². The lowest BCUT2D eigenvalue weighted by Crippen LogP contribution is -2.32. The van der Waals surface area contributed by atoms with Gasteiger partial charge in [0.05, 0.1) is 5.56 Å². The Hall–Kier alpha value is -3.91. The van der Waals surface area contributed by atoms with Crippen LogP contribution in [0.2, 0.25) is 0 Å². The van der Waals surface area contributed by atoms with Crippen molar-refractivity contribution in [1.82, 2.24) is 0 Å². The van der Waals surface area contributed by atoms with Crippen LogP contribution in [0.3, 0.4) is 0 Å². The molecule has 0 fully saturated rings. The van der Waals surface area contributed by atoms with Crippen LogP contribution in [0.1, 0.15) is 45.1 Å². The zero-order chi connectivity index (χ0) is 21.4. The first kappa shape index (κ1) is 19.1. The predicted molar refractivity (Wildman–Crippen MR) is 128 cm³/mol. The van der Waals surface area contributed by atoms with Crippen molar-refractivity contribution in [2.24, 2.45) is 0 Å². The number of esters is 1. The Morgan fingerprint density at radius 1 is 0.774 bits per heavy atom. The Bertz CT molecular complexity index is 1310. The smallest absolute Gasteiger partial charge is 0.339 e. The second-order valence-corrected chi connectivity index (χ2v) is 7.88. The summed E-state index contributed by atoms with van der Waals surface area (Å²) in [4.78, 5) is 13.6. The second-order valence-electron chi connectivity index (χ2n) is 7.88. The van der Waals surface area contributed by atoms with Crippen molar-refractivity contribution in [1.29, 1.82) is 0 Å². The normalized spacial score (nSPS) is 13.7. The highest BCUT2D eigenvalue weighted by Gasteiger charge is 2.38. The van der Waals surface area contributed by atoms with Gasteiger partial charge in [0.15, 0.2) is 5.60 Å². The van der Waals surface area contributed by atoms with Gasteiger partial charge in [0.2, 0.25) is 0 Å². The zero-order valence-corrected chi connectivity index (χ0v) is 17.3. The van der Waals surface area contributed by atoms with Crippen molar-refractivity contribution >= 4 is 35.0 Å². The Labute approximate surface area is 182 Å². The number of hydrogen-bond donors (Lipinski definition) is 0. The molecule has 0 aliphatic heterocycles. The fourth-order valence-electron chi connectivity index (χ4n) is 4.51. The second kappa shape index (κ2) is 7.41. The number of hydrogen-bond acceptors (Lipinski definition) is 2. The summed E-state index contributed by atoms with van der Waals surface area (Å²) in [6, 6.07) is 27.8. The van der Waals surface area contributed by atoms with Gasteiger partial charge in [-0.2, -0.15) is 0 Å². The van der Waals surface area contributed by atoms with Crippen LogP contribution in [-0.4, -0.2) is 5.97 Å². The predicted octanol–water partition coefficient (Wildman–Crippen LogP) is 7.09. The highest BCUT2D eigenvalue weighted by Crippen LogP contribution is 2.41. The number of carbonyl (C=O) groups is 1. The molecule has 0 radical (unpaired) electrons. The Morgan fingerprint density at radius 2 is 1.32 bits per heavy atom. The van der Waals surface area contributed by atoms with E-state index in [9.17, 15) is 4.79 Å². The first-order chi connectivity index (χ1) is 15.1. The van der Waals surface area contributed by atoms with Crippen LogP contribution in [0.4, 0.5) is 0 Å². The van der Waals surface area contributed by atoms with Gasteiger partial charge in [-0.05, 0) is 40.5 Å². The maximum absolute atomic E-state index is 13.6. The first-order valence-corrected chi connectivity index (χ1v) is 10.4. The molecule has 31 heavy (non-hydrogen) atoms. The number of ether oxygens (including phenoxy) is 1. The van der Waals surface area contributed by atoms with Gasteiger partial charge in [-0.25, -0.2) is 4.79 Å². The maximum atomic E-state index is 13.6. The Balaban J connectivity index is 1.67. The average Bonchev–Trinajstić information content (AvgIpc) is 2.93. The van der Waals surface area contributed by atoms with E-state index < -0.39 is 5.60 Å². The molecule has 4 aromatic carbocycles. The van der Waals surface area contributed by atoms with E-state index in [0.717, 1.165) is 38.6 Å². The van der Waals surface area contributed by atoms with E-state index in [0.29, 0.717) is 5.56 Å². The summed E-state index contributed by atoms with van der Waals surface area (Å²) in [7, 11) is 0. The first-order valence-electron chi connectivity index (χ1n) is 10.4. The van der Waals surface area contributed by atoms with Crippen LogP contribution in [0.25, 0.3) is 29.0 Å². The Kier molecular flexibility index (Phi) is 4.56. The summed E-state index contributed by atoms with van der Waals surface area (Å²) in [5.41, 5.74) is 4.64. The minimum absolute atomic E-state index is 0.346. The molecule has 0 N–H and O–H groups in total. The van der Waals surface area contributed by atoms with Crippen LogP contribution < -0.4 is 0 Å². The molecule has 0 amide bonds. The van der Waals surface area contributed by atoms with Gasteiger partial charge < -0.3 is 4.74 Å². The van der Waals surface area contributed by atoms with Crippen molar-refractivity contribution in [2.75, 3.05) is 0 Å². The molecular weight excluding hydrogens is 380 g/mol. The van der Waals surface area contributed by atoms with Crippen molar-refractivity contribution in [3.05, 3.63) is 125 Å². The molecule has 0 atom stereocenters. The lowest BCUT2D eigenvalue weighted by Gasteiger charge is -2.32. The monoisotopic (exact) mass is 402 g/mol. The average molecular weight is 402 g/mol. The van der Waals surface area contributed by atoms with E-state index in [1.165, 1.54) is 0 Å². The van der Waals surface area contributed by atoms with Crippen LogP contribution in [0.15, 0.2) is 91.5 Å². The zero-order valence-electron chi connectivity index (χ0n) is 17.3. The van der Waals surface area contributed by atoms with E-state index in [-0.39, 0.29) is 5.97 Å². The molecule has 150 valence electrons. The molecule has 0 aromatic heterocycles. The van der Waals surface area contributed by atoms with E-state index >= 15 is 0 Å².